The van der Waals surface area contributed by atoms with Crippen molar-refractivity contribution >= 4 is 13.5 Å². The Bertz CT molecular complexity index is 790. The normalized spacial score (nSPS) is 21.6. The fourth-order valence-electron chi connectivity index (χ4n) is 2.59. The Kier molecular flexibility index (Phi) is 5.08. The zero-order valence-electron chi connectivity index (χ0n) is 13.1. The summed E-state index contributed by atoms with van der Waals surface area (Å²) in [6, 6.07) is 5.51. The van der Waals surface area contributed by atoms with Crippen LogP contribution in [-0.2, 0) is 4.57 Å². The maximum Gasteiger partial charge on any atom is 0.448 e. The SMILES string of the molecule is CC(c1ccc(O)cc1)C(O)(O)C1C(O)=CC(O)=C/C1=N\P(=O)(O)O. The first-order chi connectivity index (χ1) is 11.4. The Morgan fingerprint density at radius 1 is 1.08 bits per heavy atom. The van der Waals surface area contributed by atoms with Crippen LogP contribution < -0.4 is 0 Å². The maximum atomic E-state index is 11.2. The largest absolute Gasteiger partial charge is 0.511 e. The summed E-state index contributed by atoms with van der Waals surface area (Å²) in [5, 5.41) is 50.1. The molecule has 0 aromatic heterocycles. The Balaban J connectivity index is 2.50. The first-order valence-electron chi connectivity index (χ1n) is 7.12. The first-order valence-corrected chi connectivity index (χ1v) is 8.69. The summed E-state index contributed by atoms with van der Waals surface area (Å²) in [6.45, 7) is 1.41. The van der Waals surface area contributed by atoms with E-state index in [0.29, 0.717) is 5.56 Å². The van der Waals surface area contributed by atoms with Crippen molar-refractivity contribution in [2.45, 2.75) is 18.6 Å². The van der Waals surface area contributed by atoms with Gasteiger partial charge in [-0.2, -0.15) is 4.76 Å². The van der Waals surface area contributed by atoms with Gasteiger partial charge in [-0.05, 0) is 17.7 Å². The van der Waals surface area contributed by atoms with E-state index in [1.165, 1.54) is 31.2 Å². The van der Waals surface area contributed by atoms with Crippen molar-refractivity contribution in [2.75, 3.05) is 0 Å². The van der Waals surface area contributed by atoms with Crippen LogP contribution in [0, 0.1) is 5.92 Å². The van der Waals surface area contributed by atoms with Gasteiger partial charge in [-0.15, -0.1) is 0 Å². The zero-order chi connectivity index (χ0) is 19.0. The van der Waals surface area contributed by atoms with Gasteiger partial charge < -0.3 is 35.3 Å². The molecule has 1 aliphatic carbocycles. The Labute approximate surface area is 142 Å². The van der Waals surface area contributed by atoms with Crippen LogP contribution in [0.15, 0.2) is 52.7 Å². The summed E-state index contributed by atoms with van der Waals surface area (Å²) in [5.41, 5.74) is -0.202. The Hall–Kier alpha value is -2.16. The van der Waals surface area contributed by atoms with E-state index in [4.69, 9.17) is 9.79 Å². The number of nitrogens with zero attached hydrogens (tertiary/aromatic N) is 1. The molecular weight excluding hydrogens is 353 g/mol. The molecule has 0 heterocycles. The monoisotopic (exact) mass is 371 g/mol. The number of aliphatic hydroxyl groups excluding tert-OH is 2. The summed E-state index contributed by atoms with van der Waals surface area (Å²) in [7, 11) is -4.96. The number of rotatable bonds is 4. The van der Waals surface area contributed by atoms with E-state index in [2.05, 4.69) is 4.76 Å². The number of allylic oxidation sites excluding steroid dienone is 2. The standard InChI is InChI=1S/C15H18NO8P/c1-8(9-2-4-10(17)5-3-9)15(20,21)14-12(16-25(22,23)24)6-11(18)7-13(14)19/h2-8,14,17-21H,1H3,(H2,22,23,24)/b16-12+. The maximum absolute atomic E-state index is 11.2. The summed E-state index contributed by atoms with van der Waals surface area (Å²) in [4.78, 5) is 18.1. The van der Waals surface area contributed by atoms with Crippen LogP contribution in [0.3, 0.4) is 0 Å². The minimum absolute atomic E-state index is 0.0329. The second-order valence-electron chi connectivity index (χ2n) is 5.71. The van der Waals surface area contributed by atoms with E-state index < -0.39 is 42.6 Å². The van der Waals surface area contributed by atoms with Gasteiger partial charge in [0.15, 0.2) is 5.79 Å². The molecule has 9 nitrogen and oxygen atoms in total. The minimum atomic E-state index is -4.96. The molecule has 1 aromatic rings. The zero-order valence-corrected chi connectivity index (χ0v) is 13.9. The van der Waals surface area contributed by atoms with Crippen LogP contribution >= 0.6 is 7.75 Å². The summed E-state index contributed by atoms with van der Waals surface area (Å²) >= 11 is 0. The van der Waals surface area contributed by atoms with Gasteiger partial charge in [-0.25, -0.2) is 4.57 Å². The van der Waals surface area contributed by atoms with E-state index >= 15 is 0 Å². The molecule has 10 heteroatoms. The lowest BCUT2D eigenvalue weighted by atomic mass is 9.78. The molecular formula is C15H18NO8P. The van der Waals surface area contributed by atoms with Gasteiger partial charge >= 0.3 is 7.75 Å². The smallest absolute Gasteiger partial charge is 0.448 e. The van der Waals surface area contributed by atoms with Gasteiger partial charge in [0, 0.05) is 18.1 Å². The average Bonchev–Trinajstić information content (AvgIpc) is 2.44. The third kappa shape index (κ3) is 4.28. The topological polar surface area (TPSA) is 171 Å². The molecule has 0 saturated heterocycles. The van der Waals surface area contributed by atoms with E-state index in [9.17, 15) is 30.1 Å². The summed E-state index contributed by atoms with van der Waals surface area (Å²) in [6.07, 6.45) is 1.66. The molecule has 0 bridgehead atoms. The highest BCUT2D eigenvalue weighted by Crippen LogP contribution is 2.43. The van der Waals surface area contributed by atoms with Gasteiger partial charge in [-0.3, -0.25) is 0 Å². The van der Waals surface area contributed by atoms with Crippen molar-refractivity contribution in [2.24, 2.45) is 10.7 Å². The minimum Gasteiger partial charge on any atom is -0.511 e. The second kappa shape index (κ2) is 6.62. The van der Waals surface area contributed by atoms with Gasteiger partial charge in [0.25, 0.3) is 0 Å². The predicted octanol–water partition coefficient (Wildman–Crippen LogP) is 1.22. The predicted molar refractivity (Wildman–Crippen MR) is 88.1 cm³/mol. The molecule has 0 radical (unpaired) electrons. The number of benzene rings is 1. The second-order valence-corrected chi connectivity index (χ2v) is 6.93. The van der Waals surface area contributed by atoms with Gasteiger partial charge in [0.05, 0.1) is 5.71 Å². The molecule has 1 aliphatic rings. The number of hydrogen-bond donors (Lipinski definition) is 7. The average molecular weight is 371 g/mol. The fourth-order valence-corrected chi connectivity index (χ4v) is 3.07. The van der Waals surface area contributed by atoms with Crippen LogP contribution in [0.1, 0.15) is 18.4 Å². The molecule has 25 heavy (non-hydrogen) atoms. The Morgan fingerprint density at radius 3 is 2.16 bits per heavy atom. The van der Waals surface area contributed by atoms with E-state index in [1.807, 2.05) is 0 Å². The van der Waals surface area contributed by atoms with E-state index in [1.54, 1.807) is 0 Å². The molecule has 2 atom stereocenters. The van der Waals surface area contributed by atoms with E-state index in [0.717, 1.165) is 12.2 Å². The lowest BCUT2D eigenvalue weighted by Gasteiger charge is -2.37. The molecule has 0 amide bonds. The lowest BCUT2D eigenvalue weighted by Crippen LogP contribution is -2.48. The summed E-state index contributed by atoms with van der Waals surface area (Å²) < 4.78 is 14.3. The molecule has 0 fully saturated rings. The number of aromatic hydroxyl groups is 1. The van der Waals surface area contributed by atoms with Crippen LogP contribution in [-0.4, -0.2) is 46.8 Å². The Morgan fingerprint density at radius 2 is 1.64 bits per heavy atom. The van der Waals surface area contributed by atoms with Crippen molar-refractivity contribution < 1.29 is 39.9 Å². The number of phenolic OH excluding ortho intramolecular Hbond substituents is 1. The number of aliphatic hydroxyl groups is 4. The van der Waals surface area contributed by atoms with E-state index in [-0.39, 0.29) is 5.75 Å². The number of phenols is 1. The highest BCUT2D eigenvalue weighted by molar-refractivity contribution is 7.50. The quantitative estimate of drug-likeness (QED) is 0.306. The van der Waals surface area contributed by atoms with Gasteiger partial charge in [-0.1, -0.05) is 19.1 Å². The molecule has 2 unspecified atom stereocenters. The van der Waals surface area contributed by atoms with Crippen molar-refractivity contribution in [3.8, 4) is 5.75 Å². The van der Waals surface area contributed by atoms with Crippen molar-refractivity contribution in [1.29, 1.82) is 0 Å². The van der Waals surface area contributed by atoms with Gasteiger partial charge in [0.2, 0.25) is 0 Å². The summed E-state index contributed by atoms with van der Waals surface area (Å²) in [5.74, 6) is -6.77. The fraction of sp³-hybridized carbons (Fsp3) is 0.267. The lowest BCUT2D eigenvalue weighted by molar-refractivity contribution is -0.195. The molecule has 0 spiro atoms. The van der Waals surface area contributed by atoms with Crippen LogP contribution in [0.2, 0.25) is 0 Å². The third-order valence-corrected chi connectivity index (χ3v) is 4.38. The van der Waals surface area contributed by atoms with Crippen molar-refractivity contribution in [1.82, 2.24) is 0 Å². The van der Waals surface area contributed by atoms with Crippen molar-refractivity contribution in [3.05, 3.63) is 53.5 Å². The van der Waals surface area contributed by atoms with Crippen LogP contribution in [0.25, 0.3) is 0 Å². The highest BCUT2D eigenvalue weighted by atomic mass is 31.2. The van der Waals surface area contributed by atoms with Crippen molar-refractivity contribution in [3.63, 3.8) is 0 Å². The molecule has 0 aliphatic heterocycles. The molecule has 0 saturated carbocycles. The van der Waals surface area contributed by atoms with Crippen LogP contribution in [0.4, 0.5) is 0 Å². The third-order valence-electron chi connectivity index (χ3n) is 3.88. The first kappa shape index (κ1) is 19.2. The highest BCUT2D eigenvalue weighted by Gasteiger charge is 2.47. The van der Waals surface area contributed by atoms with Crippen LogP contribution in [0.5, 0.6) is 5.75 Å². The molecule has 7 N–H and O–H groups in total. The molecule has 136 valence electrons. The molecule has 1 aromatic carbocycles. The molecule has 2 rings (SSSR count). The number of hydrogen-bond acceptors (Lipinski definition) is 6. The van der Waals surface area contributed by atoms with Gasteiger partial charge in [0.1, 0.15) is 23.2 Å².